The van der Waals surface area contributed by atoms with E-state index in [1.54, 1.807) is 18.2 Å². The summed E-state index contributed by atoms with van der Waals surface area (Å²) < 4.78 is 0. The number of carbonyl (C=O) groups is 1. The molecular weight excluding hydrogens is 248 g/mol. The van der Waals surface area contributed by atoms with E-state index in [2.05, 4.69) is 13.8 Å². The summed E-state index contributed by atoms with van der Waals surface area (Å²) >= 11 is 5.93. The first-order chi connectivity index (χ1) is 8.49. The summed E-state index contributed by atoms with van der Waals surface area (Å²) in [6.07, 6.45) is 1.05. The van der Waals surface area contributed by atoms with E-state index < -0.39 is 0 Å². The Hall–Kier alpha value is -1.22. The molecule has 1 fully saturated rings. The van der Waals surface area contributed by atoms with Crippen molar-refractivity contribution in [2.45, 2.75) is 20.3 Å². The van der Waals surface area contributed by atoms with Gasteiger partial charge in [0, 0.05) is 23.8 Å². The average Bonchev–Trinajstić information content (AvgIpc) is 2.35. The predicted octanol–water partition coefficient (Wildman–Crippen LogP) is 3.04. The smallest absolute Gasteiger partial charge is 0.256 e. The third-order valence-corrected chi connectivity index (χ3v) is 4.10. The summed E-state index contributed by atoms with van der Waals surface area (Å²) in [4.78, 5) is 14.3. The lowest BCUT2D eigenvalue weighted by molar-refractivity contribution is 0.0628. The van der Waals surface area contributed by atoms with E-state index in [0.29, 0.717) is 28.1 Å². The van der Waals surface area contributed by atoms with Gasteiger partial charge in [-0.2, -0.15) is 0 Å². The molecule has 0 saturated carbocycles. The van der Waals surface area contributed by atoms with Gasteiger partial charge in [0.1, 0.15) is 0 Å². The molecule has 18 heavy (non-hydrogen) atoms. The second-order valence-corrected chi connectivity index (χ2v) is 5.66. The Morgan fingerprint density at radius 1 is 1.39 bits per heavy atom. The number of rotatable bonds is 1. The molecule has 2 N–H and O–H groups in total. The largest absolute Gasteiger partial charge is 0.398 e. The van der Waals surface area contributed by atoms with E-state index >= 15 is 0 Å². The molecule has 0 aromatic heterocycles. The molecule has 3 nitrogen and oxygen atoms in total. The molecule has 1 amide bonds. The lowest BCUT2D eigenvalue weighted by atomic mass is 9.88. The molecule has 1 saturated heterocycles. The molecule has 2 rings (SSSR count). The number of carbonyl (C=O) groups excluding carboxylic acids is 1. The molecule has 0 bridgehead atoms. The highest BCUT2D eigenvalue weighted by Crippen LogP contribution is 2.26. The number of amides is 1. The summed E-state index contributed by atoms with van der Waals surface area (Å²) in [5.41, 5.74) is 6.87. The number of nitrogen functional groups attached to an aromatic ring is 1. The molecule has 1 aliphatic rings. The van der Waals surface area contributed by atoms with Crippen molar-refractivity contribution < 1.29 is 4.79 Å². The van der Waals surface area contributed by atoms with Crippen molar-refractivity contribution in [3.63, 3.8) is 0 Å². The minimum absolute atomic E-state index is 0.00579. The number of halogens is 1. The van der Waals surface area contributed by atoms with Gasteiger partial charge in [-0.15, -0.1) is 0 Å². The van der Waals surface area contributed by atoms with E-state index in [1.165, 1.54) is 0 Å². The Labute approximate surface area is 113 Å². The zero-order chi connectivity index (χ0) is 13.3. The molecule has 1 aromatic carbocycles. The fourth-order valence-corrected chi connectivity index (χ4v) is 2.50. The van der Waals surface area contributed by atoms with Crippen molar-refractivity contribution in [2.24, 2.45) is 11.8 Å². The molecule has 1 aliphatic heterocycles. The third kappa shape index (κ3) is 2.61. The van der Waals surface area contributed by atoms with Crippen LogP contribution >= 0.6 is 11.6 Å². The van der Waals surface area contributed by atoms with Crippen LogP contribution in [-0.4, -0.2) is 23.9 Å². The number of nitrogens with zero attached hydrogens (tertiary/aromatic N) is 1. The quantitative estimate of drug-likeness (QED) is 0.794. The molecule has 0 spiro atoms. The zero-order valence-corrected chi connectivity index (χ0v) is 11.6. The standard InChI is InChI=1S/C14H19ClN2O/c1-9-5-6-17(8-10(9)2)14(18)12-7-11(15)3-4-13(12)16/h3-4,7,9-10H,5-6,8,16H2,1-2H3. The van der Waals surface area contributed by atoms with Crippen molar-refractivity contribution >= 4 is 23.2 Å². The number of nitrogens with two attached hydrogens (primary N) is 1. The van der Waals surface area contributed by atoms with Crippen molar-refractivity contribution in [1.29, 1.82) is 0 Å². The van der Waals surface area contributed by atoms with Crippen LogP contribution < -0.4 is 5.73 Å². The van der Waals surface area contributed by atoms with Gasteiger partial charge in [-0.1, -0.05) is 25.4 Å². The fourth-order valence-electron chi connectivity index (χ4n) is 2.33. The first-order valence-corrected chi connectivity index (χ1v) is 6.71. The van der Waals surface area contributed by atoms with Gasteiger partial charge < -0.3 is 10.6 Å². The summed E-state index contributed by atoms with van der Waals surface area (Å²) in [6, 6.07) is 5.04. The van der Waals surface area contributed by atoms with Gasteiger partial charge in [-0.25, -0.2) is 0 Å². The Morgan fingerprint density at radius 3 is 2.78 bits per heavy atom. The fraction of sp³-hybridized carbons (Fsp3) is 0.500. The Kier molecular flexibility index (Phi) is 3.81. The number of likely N-dealkylation sites (tertiary alicyclic amines) is 1. The molecule has 0 radical (unpaired) electrons. The van der Waals surface area contributed by atoms with E-state index in [-0.39, 0.29) is 5.91 Å². The minimum Gasteiger partial charge on any atom is -0.398 e. The maximum Gasteiger partial charge on any atom is 0.256 e. The maximum atomic E-state index is 12.4. The molecule has 1 heterocycles. The number of benzene rings is 1. The number of anilines is 1. The lowest BCUT2D eigenvalue weighted by Gasteiger charge is -2.35. The first kappa shape index (κ1) is 13.2. The van der Waals surface area contributed by atoms with Gasteiger partial charge in [-0.3, -0.25) is 4.79 Å². The van der Waals surface area contributed by atoms with Crippen molar-refractivity contribution in [2.75, 3.05) is 18.8 Å². The minimum atomic E-state index is -0.00579. The summed E-state index contributed by atoms with van der Waals surface area (Å²) in [7, 11) is 0. The molecule has 0 aliphatic carbocycles. The zero-order valence-electron chi connectivity index (χ0n) is 10.8. The van der Waals surface area contributed by atoms with Crippen LogP contribution in [0.3, 0.4) is 0 Å². The predicted molar refractivity (Wildman–Crippen MR) is 74.7 cm³/mol. The van der Waals surface area contributed by atoms with Crippen molar-refractivity contribution in [3.05, 3.63) is 28.8 Å². The molecular formula is C14H19ClN2O. The van der Waals surface area contributed by atoms with E-state index in [0.717, 1.165) is 19.5 Å². The molecule has 4 heteroatoms. The molecule has 1 aromatic rings. The van der Waals surface area contributed by atoms with E-state index in [1.807, 2.05) is 4.90 Å². The Balaban J connectivity index is 2.19. The lowest BCUT2D eigenvalue weighted by Crippen LogP contribution is -2.42. The number of hydrogen-bond donors (Lipinski definition) is 1. The Morgan fingerprint density at radius 2 is 2.11 bits per heavy atom. The van der Waals surface area contributed by atoms with Crippen LogP contribution in [0, 0.1) is 11.8 Å². The van der Waals surface area contributed by atoms with Gasteiger partial charge in [0.2, 0.25) is 0 Å². The van der Waals surface area contributed by atoms with Crippen molar-refractivity contribution in [3.8, 4) is 0 Å². The van der Waals surface area contributed by atoms with E-state index in [4.69, 9.17) is 17.3 Å². The maximum absolute atomic E-state index is 12.4. The molecule has 2 unspecified atom stereocenters. The van der Waals surface area contributed by atoms with Crippen LogP contribution in [0.2, 0.25) is 5.02 Å². The van der Waals surface area contributed by atoms with Crippen LogP contribution in [0.25, 0.3) is 0 Å². The first-order valence-electron chi connectivity index (χ1n) is 6.33. The topological polar surface area (TPSA) is 46.3 Å². The van der Waals surface area contributed by atoms with Crippen LogP contribution in [0.4, 0.5) is 5.69 Å². The highest BCUT2D eigenvalue weighted by Gasteiger charge is 2.27. The van der Waals surface area contributed by atoms with Gasteiger partial charge in [0.15, 0.2) is 0 Å². The van der Waals surface area contributed by atoms with Gasteiger partial charge in [0.25, 0.3) is 5.91 Å². The van der Waals surface area contributed by atoms with Crippen molar-refractivity contribution in [1.82, 2.24) is 4.90 Å². The molecule has 98 valence electrons. The highest BCUT2D eigenvalue weighted by molar-refractivity contribution is 6.31. The number of hydrogen-bond acceptors (Lipinski definition) is 2. The summed E-state index contributed by atoms with van der Waals surface area (Å²) in [5, 5.41) is 0.547. The van der Waals surface area contributed by atoms with Gasteiger partial charge in [0.05, 0.1) is 5.56 Å². The van der Waals surface area contributed by atoms with Gasteiger partial charge in [-0.05, 0) is 36.5 Å². The van der Waals surface area contributed by atoms with Crippen LogP contribution in [-0.2, 0) is 0 Å². The monoisotopic (exact) mass is 266 g/mol. The third-order valence-electron chi connectivity index (χ3n) is 3.87. The Bertz CT molecular complexity index is 461. The van der Waals surface area contributed by atoms with Crippen LogP contribution in [0.1, 0.15) is 30.6 Å². The summed E-state index contributed by atoms with van der Waals surface area (Å²) in [5.74, 6) is 1.20. The second kappa shape index (κ2) is 5.19. The van der Waals surface area contributed by atoms with Crippen LogP contribution in [0.5, 0.6) is 0 Å². The normalized spacial score (nSPS) is 24.1. The molecule has 2 atom stereocenters. The summed E-state index contributed by atoms with van der Waals surface area (Å²) in [6.45, 7) is 6.02. The SMILES string of the molecule is CC1CCN(C(=O)c2cc(Cl)ccc2N)CC1C. The van der Waals surface area contributed by atoms with Gasteiger partial charge >= 0.3 is 0 Å². The van der Waals surface area contributed by atoms with Crippen LogP contribution in [0.15, 0.2) is 18.2 Å². The second-order valence-electron chi connectivity index (χ2n) is 5.23. The number of piperidine rings is 1. The van der Waals surface area contributed by atoms with E-state index in [9.17, 15) is 4.79 Å². The average molecular weight is 267 g/mol. The highest BCUT2D eigenvalue weighted by atomic mass is 35.5.